The van der Waals surface area contributed by atoms with E-state index in [2.05, 4.69) is 0 Å². The molecule has 1 fully saturated rings. The average Bonchev–Trinajstić information content (AvgIpc) is 3.12. The molecule has 1 saturated carbocycles. The summed E-state index contributed by atoms with van der Waals surface area (Å²) >= 11 is 0. The molecule has 1 aliphatic rings. The fraction of sp³-hybridized carbons (Fsp3) is 0.500. The predicted molar refractivity (Wildman–Crippen MR) is 65.2 cm³/mol. The lowest BCUT2D eigenvalue weighted by atomic mass is 9.93. The van der Waals surface area contributed by atoms with Crippen molar-refractivity contribution in [2.75, 3.05) is 13.1 Å². The monoisotopic (exact) mass is 235 g/mol. The standard InChI is InChI=1S/C14H18FNO/c1-3-16(4-2)13(17)14(9-10-14)11-7-5-6-8-12(11)15/h5-8H,3-4,9-10H2,1-2H3. The molecular formula is C14H18FNO. The largest absolute Gasteiger partial charge is 0.342 e. The molecule has 0 aromatic heterocycles. The molecule has 0 saturated heterocycles. The maximum Gasteiger partial charge on any atom is 0.233 e. The van der Waals surface area contributed by atoms with Crippen molar-refractivity contribution in [3.05, 3.63) is 35.6 Å². The Hall–Kier alpha value is -1.38. The van der Waals surface area contributed by atoms with Crippen LogP contribution >= 0.6 is 0 Å². The van der Waals surface area contributed by atoms with Gasteiger partial charge in [-0.05, 0) is 32.8 Å². The van der Waals surface area contributed by atoms with E-state index in [1.165, 1.54) is 6.07 Å². The highest BCUT2D eigenvalue weighted by molar-refractivity contribution is 5.91. The van der Waals surface area contributed by atoms with Gasteiger partial charge in [-0.25, -0.2) is 4.39 Å². The zero-order valence-electron chi connectivity index (χ0n) is 10.4. The van der Waals surface area contributed by atoms with Crippen molar-refractivity contribution in [3.63, 3.8) is 0 Å². The van der Waals surface area contributed by atoms with Crippen molar-refractivity contribution >= 4 is 5.91 Å². The maximum atomic E-state index is 13.8. The van der Waals surface area contributed by atoms with Crippen LogP contribution in [-0.4, -0.2) is 23.9 Å². The van der Waals surface area contributed by atoms with Crippen LogP contribution in [0.5, 0.6) is 0 Å². The first-order valence-corrected chi connectivity index (χ1v) is 6.20. The number of amides is 1. The first-order valence-electron chi connectivity index (χ1n) is 6.20. The lowest BCUT2D eigenvalue weighted by Crippen LogP contribution is -2.39. The van der Waals surface area contributed by atoms with Crippen LogP contribution < -0.4 is 0 Å². The Labute approximate surface area is 101 Å². The van der Waals surface area contributed by atoms with Gasteiger partial charge in [0.2, 0.25) is 5.91 Å². The summed E-state index contributed by atoms with van der Waals surface area (Å²) in [7, 11) is 0. The van der Waals surface area contributed by atoms with Gasteiger partial charge in [-0.1, -0.05) is 18.2 Å². The Bertz CT molecular complexity index is 422. The van der Waals surface area contributed by atoms with Crippen molar-refractivity contribution < 1.29 is 9.18 Å². The molecular weight excluding hydrogens is 217 g/mol. The number of halogens is 1. The van der Waals surface area contributed by atoms with Crippen molar-refractivity contribution in [2.24, 2.45) is 0 Å². The summed E-state index contributed by atoms with van der Waals surface area (Å²) in [5, 5.41) is 0. The van der Waals surface area contributed by atoms with E-state index in [0.29, 0.717) is 18.7 Å². The topological polar surface area (TPSA) is 20.3 Å². The number of carbonyl (C=O) groups is 1. The maximum absolute atomic E-state index is 13.8. The molecule has 3 heteroatoms. The van der Waals surface area contributed by atoms with Crippen LogP contribution in [0.1, 0.15) is 32.3 Å². The third-order valence-corrected chi connectivity index (χ3v) is 3.60. The van der Waals surface area contributed by atoms with Gasteiger partial charge < -0.3 is 4.90 Å². The lowest BCUT2D eigenvalue weighted by molar-refractivity contribution is -0.133. The van der Waals surface area contributed by atoms with Gasteiger partial charge in [0.25, 0.3) is 0 Å². The van der Waals surface area contributed by atoms with Crippen molar-refractivity contribution in [1.29, 1.82) is 0 Å². The van der Waals surface area contributed by atoms with Crippen LogP contribution in [0.15, 0.2) is 24.3 Å². The Morgan fingerprint density at radius 2 is 1.88 bits per heavy atom. The van der Waals surface area contributed by atoms with Gasteiger partial charge in [0, 0.05) is 18.7 Å². The van der Waals surface area contributed by atoms with Gasteiger partial charge in [0.05, 0.1) is 5.41 Å². The molecule has 2 nitrogen and oxygen atoms in total. The van der Waals surface area contributed by atoms with Crippen molar-refractivity contribution in [3.8, 4) is 0 Å². The second-order valence-corrected chi connectivity index (χ2v) is 4.54. The Balaban J connectivity index is 2.32. The van der Waals surface area contributed by atoms with Crippen molar-refractivity contribution in [1.82, 2.24) is 4.90 Å². The van der Waals surface area contributed by atoms with Gasteiger partial charge in [-0.2, -0.15) is 0 Å². The quantitative estimate of drug-likeness (QED) is 0.785. The minimum atomic E-state index is -0.572. The van der Waals surface area contributed by atoms with Gasteiger partial charge >= 0.3 is 0 Å². The zero-order valence-corrected chi connectivity index (χ0v) is 10.4. The third kappa shape index (κ3) is 1.94. The molecule has 2 rings (SSSR count). The number of hydrogen-bond acceptors (Lipinski definition) is 1. The van der Waals surface area contributed by atoms with E-state index in [4.69, 9.17) is 0 Å². The number of hydrogen-bond donors (Lipinski definition) is 0. The van der Waals surface area contributed by atoms with E-state index < -0.39 is 5.41 Å². The number of carbonyl (C=O) groups excluding carboxylic acids is 1. The highest BCUT2D eigenvalue weighted by Crippen LogP contribution is 2.50. The fourth-order valence-electron chi connectivity index (χ4n) is 2.39. The van der Waals surface area contributed by atoms with Gasteiger partial charge in [-0.3, -0.25) is 4.79 Å². The molecule has 0 aliphatic heterocycles. The molecule has 1 amide bonds. The Morgan fingerprint density at radius 3 is 2.35 bits per heavy atom. The number of nitrogens with zero attached hydrogens (tertiary/aromatic N) is 1. The molecule has 1 aromatic carbocycles. The van der Waals surface area contributed by atoms with Crippen LogP contribution in [0.4, 0.5) is 4.39 Å². The molecule has 0 atom stereocenters. The first kappa shape index (κ1) is 12.1. The summed E-state index contributed by atoms with van der Waals surface area (Å²) in [4.78, 5) is 14.2. The second-order valence-electron chi connectivity index (χ2n) is 4.54. The molecule has 0 spiro atoms. The summed E-state index contributed by atoms with van der Waals surface area (Å²) in [6, 6.07) is 6.64. The van der Waals surface area contributed by atoms with E-state index in [9.17, 15) is 9.18 Å². The van der Waals surface area contributed by atoms with Gasteiger partial charge in [0.15, 0.2) is 0 Å². The van der Waals surface area contributed by atoms with Crippen LogP contribution in [0, 0.1) is 5.82 Å². The minimum Gasteiger partial charge on any atom is -0.342 e. The van der Waals surface area contributed by atoms with Gasteiger partial charge in [0.1, 0.15) is 5.82 Å². The number of rotatable bonds is 4. The third-order valence-electron chi connectivity index (χ3n) is 3.60. The number of benzene rings is 1. The molecule has 0 radical (unpaired) electrons. The number of likely N-dealkylation sites (N-methyl/N-ethyl adjacent to an activating group) is 1. The summed E-state index contributed by atoms with van der Waals surface area (Å²) in [5.41, 5.74) is -0.00549. The summed E-state index contributed by atoms with van der Waals surface area (Å²) < 4.78 is 13.8. The Morgan fingerprint density at radius 1 is 1.29 bits per heavy atom. The molecule has 0 N–H and O–H groups in total. The van der Waals surface area contributed by atoms with E-state index >= 15 is 0 Å². The van der Waals surface area contributed by atoms with Crippen molar-refractivity contribution in [2.45, 2.75) is 32.1 Å². The highest BCUT2D eigenvalue weighted by Gasteiger charge is 2.53. The molecule has 92 valence electrons. The molecule has 0 unspecified atom stereocenters. The highest BCUT2D eigenvalue weighted by atomic mass is 19.1. The lowest BCUT2D eigenvalue weighted by Gasteiger charge is -2.25. The molecule has 1 aromatic rings. The van der Waals surface area contributed by atoms with Crippen LogP contribution in [0.25, 0.3) is 0 Å². The van der Waals surface area contributed by atoms with Crippen LogP contribution in [-0.2, 0) is 10.2 Å². The van der Waals surface area contributed by atoms with Crippen LogP contribution in [0.3, 0.4) is 0 Å². The second kappa shape index (κ2) is 4.47. The van der Waals surface area contributed by atoms with Gasteiger partial charge in [-0.15, -0.1) is 0 Å². The van der Waals surface area contributed by atoms with E-state index in [0.717, 1.165) is 12.8 Å². The molecule has 0 bridgehead atoms. The zero-order chi connectivity index (χ0) is 12.5. The Kier molecular flexibility index (Phi) is 3.18. The van der Waals surface area contributed by atoms with E-state index in [1.807, 2.05) is 13.8 Å². The SMILES string of the molecule is CCN(CC)C(=O)C1(c2ccccc2F)CC1. The van der Waals surface area contributed by atoms with E-state index in [-0.39, 0.29) is 11.7 Å². The fourth-order valence-corrected chi connectivity index (χ4v) is 2.39. The smallest absolute Gasteiger partial charge is 0.233 e. The first-order chi connectivity index (χ1) is 8.15. The molecule has 0 heterocycles. The summed E-state index contributed by atoms with van der Waals surface area (Å²) in [6.07, 6.45) is 1.53. The molecule has 1 aliphatic carbocycles. The minimum absolute atomic E-state index is 0.0765. The average molecular weight is 235 g/mol. The van der Waals surface area contributed by atoms with E-state index in [1.54, 1.807) is 23.1 Å². The summed E-state index contributed by atoms with van der Waals surface area (Å²) in [5.74, 6) is -0.182. The normalized spacial score (nSPS) is 16.6. The predicted octanol–water partition coefficient (Wildman–Crippen LogP) is 2.73. The molecule has 17 heavy (non-hydrogen) atoms. The van der Waals surface area contributed by atoms with Crippen LogP contribution in [0.2, 0.25) is 0 Å². The summed E-state index contributed by atoms with van der Waals surface area (Å²) in [6.45, 7) is 5.29.